The van der Waals surface area contributed by atoms with Gasteiger partial charge < -0.3 is 19.3 Å². The van der Waals surface area contributed by atoms with Crippen molar-refractivity contribution in [2.45, 2.75) is 25.6 Å². The highest BCUT2D eigenvalue weighted by Gasteiger charge is 2.29. The van der Waals surface area contributed by atoms with Crippen molar-refractivity contribution in [3.05, 3.63) is 23.8 Å². The van der Waals surface area contributed by atoms with Crippen LogP contribution in [0.5, 0.6) is 11.5 Å². The highest BCUT2D eigenvalue weighted by atomic mass is 16.6. The van der Waals surface area contributed by atoms with Crippen molar-refractivity contribution in [1.29, 1.82) is 0 Å². The van der Waals surface area contributed by atoms with Crippen LogP contribution in [-0.2, 0) is 9.53 Å². The van der Waals surface area contributed by atoms with Gasteiger partial charge in [-0.05, 0) is 19.1 Å². The largest absolute Gasteiger partial charge is 0.497 e. The number of aliphatic hydroxyl groups is 1. The highest BCUT2D eigenvalue weighted by molar-refractivity contribution is 5.76. The minimum Gasteiger partial charge on any atom is -0.497 e. The highest BCUT2D eigenvalue weighted by Crippen LogP contribution is 2.31. The van der Waals surface area contributed by atoms with Crippen LogP contribution in [0.15, 0.2) is 18.2 Å². The molecule has 5 nitrogen and oxygen atoms in total. The first kappa shape index (κ1) is 12.7. The number of esters is 1. The second kappa shape index (κ2) is 5.27. The molecule has 0 radical (unpaired) electrons. The number of benzene rings is 1. The monoisotopic (exact) mass is 252 g/mol. The van der Waals surface area contributed by atoms with Crippen molar-refractivity contribution in [2.24, 2.45) is 0 Å². The molecule has 1 N–H and O–H groups in total. The molecule has 0 aliphatic carbocycles. The molecule has 98 valence electrons. The summed E-state index contributed by atoms with van der Waals surface area (Å²) in [5.74, 6) is 0.698. The molecule has 18 heavy (non-hydrogen) atoms. The van der Waals surface area contributed by atoms with E-state index < -0.39 is 12.2 Å². The Kier molecular flexibility index (Phi) is 3.72. The number of carbonyl (C=O) groups is 1. The molecule has 0 aromatic heterocycles. The van der Waals surface area contributed by atoms with Gasteiger partial charge in [-0.1, -0.05) is 0 Å². The van der Waals surface area contributed by atoms with Crippen LogP contribution in [-0.4, -0.2) is 30.9 Å². The lowest BCUT2D eigenvalue weighted by Gasteiger charge is -2.16. The molecule has 1 aromatic rings. The van der Waals surface area contributed by atoms with E-state index in [0.717, 1.165) is 0 Å². The van der Waals surface area contributed by atoms with Crippen LogP contribution in [0.1, 0.15) is 25.0 Å². The zero-order valence-corrected chi connectivity index (χ0v) is 10.4. The standard InChI is InChI=1S/C13H16O5/c1-8(14)10-4-3-9(16-2)7-12(10)18-11-5-6-17-13(11)15/h3-4,7-8,11,14H,5-6H2,1-2H3/t8-,11?/m1/s1. The van der Waals surface area contributed by atoms with Gasteiger partial charge in [0.25, 0.3) is 0 Å². The summed E-state index contributed by atoms with van der Waals surface area (Å²) in [6.07, 6.45) is -0.757. The third kappa shape index (κ3) is 2.56. The average Bonchev–Trinajstić information content (AvgIpc) is 2.74. The fourth-order valence-corrected chi connectivity index (χ4v) is 1.83. The Hall–Kier alpha value is -1.75. The van der Waals surface area contributed by atoms with Gasteiger partial charge in [-0.3, -0.25) is 0 Å². The van der Waals surface area contributed by atoms with E-state index in [9.17, 15) is 9.90 Å². The molecule has 1 aliphatic rings. The lowest BCUT2D eigenvalue weighted by atomic mass is 10.1. The molecule has 5 heteroatoms. The minimum atomic E-state index is -0.677. The second-order valence-electron chi connectivity index (χ2n) is 4.14. The molecule has 0 saturated carbocycles. The zero-order chi connectivity index (χ0) is 13.1. The minimum absolute atomic E-state index is 0.366. The van der Waals surface area contributed by atoms with Crippen LogP contribution < -0.4 is 9.47 Å². The molecule has 0 bridgehead atoms. The van der Waals surface area contributed by atoms with E-state index in [1.165, 1.54) is 0 Å². The quantitative estimate of drug-likeness (QED) is 0.821. The van der Waals surface area contributed by atoms with Crippen LogP contribution in [0, 0.1) is 0 Å². The van der Waals surface area contributed by atoms with E-state index in [-0.39, 0.29) is 5.97 Å². The first-order valence-corrected chi connectivity index (χ1v) is 5.81. The van der Waals surface area contributed by atoms with Gasteiger partial charge in [-0.2, -0.15) is 0 Å². The summed E-state index contributed by atoms with van der Waals surface area (Å²) in [6, 6.07) is 5.12. The lowest BCUT2D eigenvalue weighted by Crippen LogP contribution is -2.22. The first-order valence-electron chi connectivity index (χ1n) is 5.81. The smallest absolute Gasteiger partial charge is 0.347 e. The summed E-state index contributed by atoms with van der Waals surface area (Å²) >= 11 is 0. The van der Waals surface area contributed by atoms with Crippen LogP contribution in [0.25, 0.3) is 0 Å². The molecular weight excluding hydrogens is 236 g/mol. The van der Waals surface area contributed by atoms with Gasteiger partial charge in [-0.15, -0.1) is 0 Å². The lowest BCUT2D eigenvalue weighted by molar-refractivity contribution is -0.143. The molecule has 1 aliphatic heterocycles. The fourth-order valence-electron chi connectivity index (χ4n) is 1.83. The second-order valence-corrected chi connectivity index (χ2v) is 4.14. The van der Waals surface area contributed by atoms with E-state index in [2.05, 4.69) is 0 Å². The van der Waals surface area contributed by atoms with Gasteiger partial charge in [-0.25, -0.2) is 4.79 Å². The van der Waals surface area contributed by atoms with E-state index in [1.54, 1.807) is 32.2 Å². The maximum atomic E-state index is 11.4. The van der Waals surface area contributed by atoms with E-state index in [0.29, 0.717) is 30.1 Å². The topological polar surface area (TPSA) is 65.0 Å². The van der Waals surface area contributed by atoms with Gasteiger partial charge in [0.2, 0.25) is 0 Å². The Labute approximate surface area is 105 Å². The average molecular weight is 252 g/mol. The normalized spacial score (nSPS) is 20.4. The van der Waals surface area contributed by atoms with Crippen LogP contribution in [0.3, 0.4) is 0 Å². The molecule has 0 amide bonds. The molecule has 0 spiro atoms. The summed E-state index contributed by atoms with van der Waals surface area (Å²) in [5.41, 5.74) is 0.621. The number of ether oxygens (including phenoxy) is 3. The summed E-state index contributed by atoms with van der Waals surface area (Å²) in [7, 11) is 1.55. The molecule has 1 unspecified atom stereocenters. The molecule has 1 aromatic carbocycles. The zero-order valence-electron chi connectivity index (χ0n) is 10.4. The van der Waals surface area contributed by atoms with E-state index in [4.69, 9.17) is 14.2 Å². The fraction of sp³-hybridized carbons (Fsp3) is 0.462. The maximum absolute atomic E-state index is 11.4. The Morgan fingerprint density at radius 3 is 2.83 bits per heavy atom. The number of cyclic esters (lactones) is 1. The third-order valence-corrected chi connectivity index (χ3v) is 2.83. The van der Waals surface area contributed by atoms with E-state index >= 15 is 0 Å². The van der Waals surface area contributed by atoms with Crippen molar-refractivity contribution in [3.63, 3.8) is 0 Å². The van der Waals surface area contributed by atoms with Gasteiger partial charge in [0, 0.05) is 18.1 Å². The summed E-state index contributed by atoms with van der Waals surface area (Å²) in [6.45, 7) is 2.01. The number of rotatable bonds is 4. The van der Waals surface area contributed by atoms with Crippen molar-refractivity contribution >= 4 is 5.97 Å². The van der Waals surface area contributed by atoms with Crippen molar-refractivity contribution in [2.75, 3.05) is 13.7 Å². The van der Waals surface area contributed by atoms with E-state index in [1.807, 2.05) is 0 Å². The van der Waals surface area contributed by atoms with Gasteiger partial charge in [0.15, 0.2) is 6.10 Å². The predicted molar refractivity (Wildman–Crippen MR) is 63.6 cm³/mol. The Morgan fingerprint density at radius 1 is 1.50 bits per heavy atom. The summed E-state index contributed by atoms with van der Waals surface area (Å²) in [4.78, 5) is 11.4. The number of aliphatic hydroxyl groups excluding tert-OH is 1. The first-order chi connectivity index (χ1) is 8.61. The molecule has 2 atom stereocenters. The third-order valence-electron chi connectivity index (χ3n) is 2.83. The van der Waals surface area contributed by atoms with Gasteiger partial charge >= 0.3 is 5.97 Å². The van der Waals surface area contributed by atoms with Gasteiger partial charge in [0.1, 0.15) is 11.5 Å². The number of hydrogen-bond acceptors (Lipinski definition) is 5. The predicted octanol–water partition coefficient (Wildman–Crippen LogP) is 1.44. The Bertz CT molecular complexity index is 441. The Morgan fingerprint density at radius 2 is 2.28 bits per heavy atom. The van der Waals surface area contributed by atoms with Crippen LogP contribution >= 0.6 is 0 Å². The summed E-state index contributed by atoms with van der Waals surface area (Å²) in [5, 5.41) is 9.67. The summed E-state index contributed by atoms with van der Waals surface area (Å²) < 4.78 is 15.5. The molecule has 2 rings (SSSR count). The van der Waals surface area contributed by atoms with Crippen molar-refractivity contribution in [3.8, 4) is 11.5 Å². The molecular formula is C13H16O5. The number of carbonyl (C=O) groups excluding carboxylic acids is 1. The van der Waals surface area contributed by atoms with Crippen LogP contribution in [0.4, 0.5) is 0 Å². The molecule has 1 saturated heterocycles. The van der Waals surface area contributed by atoms with Crippen molar-refractivity contribution in [1.82, 2.24) is 0 Å². The molecule has 1 fully saturated rings. The number of hydrogen-bond donors (Lipinski definition) is 1. The Balaban J connectivity index is 2.25. The number of methoxy groups -OCH3 is 1. The van der Waals surface area contributed by atoms with Crippen LogP contribution in [0.2, 0.25) is 0 Å². The SMILES string of the molecule is COc1ccc([C@@H](C)O)c(OC2CCOC2=O)c1. The van der Waals surface area contributed by atoms with Crippen molar-refractivity contribution < 1.29 is 24.1 Å². The molecule has 1 heterocycles. The maximum Gasteiger partial charge on any atom is 0.347 e. The van der Waals surface area contributed by atoms with Gasteiger partial charge in [0.05, 0.1) is 19.8 Å².